The molecule has 0 atom stereocenters. The van der Waals surface area contributed by atoms with Gasteiger partial charge in [0.1, 0.15) is 11.6 Å². The monoisotopic (exact) mass is 396 g/mol. The summed E-state index contributed by atoms with van der Waals surface area (Å²) in [5.41, 5.74) is 2.65. The number of imidazole rings is 2. The molecule has 2 fully saturated rings. The Balaban J connectivity index is 1.53. The SMILES string of the molecule is Cc1nc(C(C)(C)CCc2nc(C(C)(C)C)cn2C2CCCC2)cn1C1CCC1. The van der Waals surface area contributed by atoms with Crippen LogP contribution in [0.25, 0.3) is 0 Å². The summed E-state index contributed by atoms with van der Waals surface area (Å²) in [6, 6.07) is 1.33. The van der Waals surface area contributed by atoms with Gasteiger partial charge in [0.15, 0.2) is 0 Å². The summed E-state index contributed by atoms with van der Waals surface area (Å²) in [5, 5.41) is 0. The lowest BCUT2D eigenvalue weighted by molar-refractivity contribution is 0.308. The number of rotatable bonds is 6. The normalized spacial score (nSPS) is 19.1. The van der Waals surface area contributed by atoms with Crippen LogP contribution in [0.1, 0.15) is 121 Å². The molecular weight excluding hydrogens is 356 g/mol. The van der Waals surface area contributed by atoms with E-state index in [1.54, 1.807) is 0 Å². The highest BCUT2D eigenvalue weighted by atomic mass is 15.1. The molecule has 0 N–H and O–H groups in total. The highest BCUT2D eigenvalue weighted by Crippen LogP contribution is 2.37. The Morgan fingerprint density at radius 1 is 0.828 bits per heavy atom. The molecule has 4 rings (SSSR count). The lowest BCUT2D eigenvalue weighted by Crippen LogP contribution is -2.21. The molecule has 2 saturated carbocycles. The summed E-state index contributed by atoms with van der Waals surface area (Å²) in [6.45, 7) is 13.7. The highest BCUT2D eigenvalue weighted by Gasteiger charge is 2.30. The predicted octanol–water partition coefficient (Wildman–Crippen LogP) is 6.44. The number of hydrogen-bond acceptors (Lipinski definition) is 2. The molecule has 29 heavy (non-hydrogen) atoms. The van der Waals surface area contributed by atoms with Crippen molar-refractivity contribution in [1.29, 1.82) is 0 Å². The fourth-order valence-electron chi connectivity index (χ4n) is 4.88. The third-order valence-electron chi connectivity index (χ3n) is 7.35. The molecule has 2 aromatic rings. The van der Waals surface area contributed by atoms with Gasteiger partial charge < -0.3 is 9.13 Å². The average molecular weight is 397 g/mol. The average Bonchev–Trinajstić information content (AvgIpc) is 3.30. The topological polar surface area (TPSA) is 35.6 Å². The van der Waals surface area contributed by atoms with Crippen LogP contribution in [0.3, 0.4) is 0 Å². The third kappa shape index (κ3) is 4.18. The Bertz CT molecular complexity index is 839. The molecule has 0 aromatic carbocycles. The van der Waals surface area contributed by atoms with E-state index in [0.29, 0.717) is 12.1 Å². The highest BCUT2D eigenvalue weighted by molar-refractivity contribution is 5.18. The van der Waals surface area contributed by atoms with Crippen molar-refractivity contribution < 1.29 is 0 Å². The molecule has 2 aromatic heterocycles. The van der Waals surface area contributed by atoms with Gasteiger partial charge in [0.2, 0.25) is 0 Å². The van der Waals surface area contributed by atoms with Crippen molar-refractivity contribution in [2.24, 2.45) is 0 Å². The molecule has 0 spiro atoms. The Morgan fingerprint density at radius 2 is 1.41 bits per heavy atom. The van der Waals surface area contributed by atoms with E-state index in [9.17, 15) is 0 Å². The van der Waals surface area contributed by atoms with E-state index < -0.39 is 0 Å². The maximum atomic E-state index is 5.13. The molecule has 0 bridgehead atoms. The Morgan fingerprint density at radius 3 is 2.00 bits per heavy atom. The van der Waals surface area contributed by atoms with Gasteiger partial charge >= 0.3 is 0 Å². The largest absolute Gasteiger partial charge is 0.332 e. The predicted molar refractivity (Wildman–Crippen MR) is 120 cm³/mol. The number of aryl methyl sites for hydroxylation is 2. The molecule has 2 heterocycles. The Kier molecular flexibility index (Phi) is 5.41. The Hall–Kier alpha value is -1.58. The van der Waals surface area contributed by atoms with Gasteiger partial charge in [-0.15, -0.1) is 0 Å². The third-order valence-corrected chi connectivity index (χ3v) is 7.35. The van der Waals surface area contributed by atoms with Crippen LogP contribution in [-0.4, -0.2) is 19.1 Å². The van der Waals surface area contributed by atoms with E-state index in [2.05, 4.69) is 63.1 Å². The van der Waals surface area contributed by atoms with Crippen molar-refractivity contribution in [3.05, 3.63) is 35.4 Å². The zero-order valence-corrected chi connectivity index (χ0v) is 19.5. The zero-order chi connectivity index (χ0) is 20.8. The second kappa shape index (κ2) is 7.59. The van der Waals surface area contributed by atoms with Gasteiger partial charge in [-0.1, -0.05) is 47.5 Å². The summed E-state index contributed by atoms with van der Waals surface area (Å²) >= 11 is 0. The fraction of sp³-hybridized carbons (Fsp3) is 0.760. The summed E-state index contributed by atoms with van der Waals surface area (Å²) < 4.78 is 4.96. The first kappa shape index (κ1) is 20.7. The standard InChI is InChI=1S/C25H40N4/c1-18-26-22(17-28(18)19-12-9-13-19)25(5,6)15-14-23-27-21(24(2,3)4)16-29(23)20-10-7-8-11-20/h16-17,19-20H,7-15H2,1-6H3. The minimum atomic E-state index is 0.0636. The van der Waals surface area contributed by atoms with Crippen LogP contribution >= 0.6 is 0 Å². The van der Waals surface area contributed by atoms with Crippen LogP contribution < -0.4 is 0 Å². The van der Waals surface area contributed by atoms with Gasteiger partial charge in [-0.05, 0) is 45.4 Å². The number of hydrogen-bond donors (Lipinski definition) is 0. The second-order valence-electron chi connectivity index (χ2n) is 11.2. The fourth-order valence-corrected chi connectivity index (χ4v) is 4.88. The first-order valence-electron chi connectivity index (χ1n) is 11.8. The summed E-state index contributed by atoms with van der Waals surface area (Å²) in [6.07, 6.45) is 16.1. The number of nitrogens with zero attached hydrogens (tertiary/aromatic N) is 4. The van der Waals surface area contributed by atoms with Gasteiger partial charge in [-0.25, -0.2) is 9.97 Å². The zero-order valence-electron chi connectivity index (χ0n) is 19.5. The maximum absolute atomic E-state index is 5.13. The quantitative estimate of drug-likeness (QED) is 0.563. The van der Waals surface area contributed by atoms with Crippen LogP contribution in [0.15, 0.2) is 12.4 Å². The lowest BCUT2D eigenvalue weighted by atomic mass is 9.84. The van der Waals surface area contributed by atoms with Crippen LogP contribution in [-0.2, 0) is 17.3 Å². The summed E-state index contributed by atoms with van der Waals surface area (Å²) in [7, 11) is 0. The molecule has 0 saturated heterocycles. The smallest absolute Gasteiger partial charge is 0.109 e. The van der Waals surface area contributed by atoms with Gasteiger partial charge in [0, 0.05) is 41.7 Å². The van der Waals surface area contributed by atoms with E-state index in [-0.39, 0.29) is 10.8 Å². The minimum Gasteiger partial charge on any atom is -0.332 e. The van der Waals surface area contributed by atoms with Crippen molar-refractivity contribution in [1.82, 2.24) is 19.1 Å². The van der Waals surface area contributed by atoms with Crippen molar-refractivity contribution in [3.8, 4) is 0 Å². The first-order chi connectivity index (χ1) is 13.6. The van der Waals surface area contributed by atoms with E-state index in [1.807, 2.05) is 0 Å². The van der Waals surface area contributed by atoms with Crippen molar-refractivity contribution in [3.63, 3.8) is 0 Å². The second-order valence-corrected chi connectivity index (χ2v) is 11.2. The molecule has 0 amide bonds. The molecular formula is C25H40N4. The molecule has 4 nitrogen and oxygen atoms in total. The molecule has 0 aliphatic heterocycles. The lowest BCUT2D eigenvalue weighted by Gasteiger charge is -2.28. The van der Waals surface area contributed by atoms with E-state index in [0.717, 1.165) is 12.8 Å². The Labute approximate surface area is 177 Å². The maximum Gasteiger partial charge on any atom is 0.109 e. The van der Waals surface area contributed by atoms with Crippen LogP contribution in [0.4, 0.5) is 0 Å². The van der Waals surface area contributed by atoms with E-state index >= 15 is 0 Å². The molecule has 2 aliphatic carbocycles. The molecule has 0 radical (unpaired) electrons. The van der Waals surface area contributed by atoms with Crippen molar-refractivity contribution >= 4 is 0 Å². The van der Waals surface area contributed by atoms with Gasteiger partial charge in [-0.2, -0.15) is 0 Å². The van der Waals surface area contributed by atoms with Crippen LogP contribution in [0.2, 0.25) is 0 Å². The minimum absolute atomic E-state index is 0.0636. The van der Waals surface area contributed by atoms with Crippen molar-refractivity contribution in [2.45, 2.75) is 122 Å². The van der Waals surface area contributed by atoms with Crippen molar-refractivity contribution in [2.75, 3.05) is 0 Å². The molecule has 4 heteroatoms. The van der Waals surface area contributed by atoms with E-state index in [4.69, 9.17) is 9.97 Å². The van der Waals surface area contributed by atoms with Gasteiger partial charge in [0.25, 0.3) is 0 Å². The van der Waals surface area contributed by atoms with Gasteiger partial charge in [0.05, 0.1) is 11.4 Å². The molecule has 2 aliphatic rings. The summed E-state index contributed by atoms with van der Waals surface area (Å²) in [4.78, 5) is 10.1. The van der Waals surface area contributed by atoms with E-state index in [1.165, 1.54) is 68.0 Å². The molecule has 0 unspecified atom stereocenters. The molecule has 160 valence electrons. The van der Waals surface area contributed by atoms with Gasteiger partial charge in [-0.3, -0.25) is 0 Å². The number of aromatic nitrogens is 4. The van der Waals surface area contributed by atoms with Crippen LogP contribution in [0, 0.1) is 6.92 Å². The van der Waals surface area contributed by atoms with Crippen LogP contribution in [0.5, 0.6) is 0 Å². The summed E-state index contributed by atoms with van der Waals surface area (Å²) in [5.74, 6) is 2.46. The first-order valence-corrected chi connectivity index (χ1v) is 11.8.